The fourth-order valence-corrected chi connectivity index (χ4v) is 2.29. The van der Waals surface area contributed by atoms with E-state index in [0.29, 0.717) is 12.8 Å². The molecule has 0 saturated heterocycles. The molecule has 0 aromatic heterocycles. The van der Waals surface area contributed by atoms with Gasteiger partial charge in [0.15, 0.2) is 5.92 Å². The van der Waals surface area contributed by atoms with E-state index in [2.05, 4.69) is 0 Å². The van der Waals surface area contributed by atoms with Gasteiger partial charge in [0.25, 0.3) is 0 Å². The third kappa shape index (κ3) is 2.40. The zero-order chi connectivity index (χ0) is 12.5. The lowest BCUT2D eigenvalue weighted by Crippen LogP contribution is -2.43. The van der Waals surface area contributed by atoms with E-state index in [0.717, 1.165) is 0 Å². The van der Waals surface area contributed by atoms with Crippen LogP contribution in [-0.4, -0.2) is 27.9 Å². The standard InChI is InChI=1S/C11H16O5/c1-11(2)4-3-6(12)5-7(11)8(9(13)14)10(15)16/h7-8H,3-5H2,1-2H3,(H,13,14)(H,15,16). The highest BCUT2D eigenvalue weighted by Crippen LogP contribution is 2.43. The number of carbonyl (C=O) groups is 3. The number of aliphatic carboxylic acids is 2. The van der Waals surface area contributed by atoms with Crippen LogP contribution in [0.1, 0.15) is 33.1 Å². The van der Waals surface area contributed by atoms with Gasteiger partial charge in [0.2, 0.25) is 0 Å². The zero-order valence-electron chi connectivity index (χ0n) is 9.40. The molecule has 1 aliphatic rings. The number of carboxylic acid groups (broad SMARTS) is 2. The maximum absolute atomic E-state index is 11.3. The Balaban J connectivity index is 3.01. The summed E-state index contributed by atoms with van der Waals surface area (Å²) in [5, 5.41) is 17.8. The molecule has 5 nitrogen and oxygen atoms in total. The fraction of sp³-hybridized carbons (Fsp3) is 0.727. The lowest BCUT2D eigenvalue weighted by molar-refractivity contribution is -0.161. The first-order chi connectivity index (χ1) is 7.25. The Morgan fingerprint density at radius 1 is 1.31 bits per heavy atom. The summed E-state index contributed by atoms with van der Waals surface area (Å²) in [6, 6.07) is 0. The van der Waals surface area contributed by atoms with Crippen molar-refractivity contribution in [2.75, 3.05) is 0 Å². The molecule has 16 heavy (non-hydrogen) atoms. The number of ketones is 1. The number of rotatable bonds is 3. The van der Waals surface area contributed by atoms with E-state index in [-0.39, 0.29) is 12.2 Å². The van der Waals surface area contributed by atoms with Gasteiger partial charge in [0, 0.05) is 12.8 Å². The molecule has 1 rings (SSSR count). The minimum absolute atomic E-state index is 0.0446. The Morgan fingerprint density at radius 3 is 2.25 bits per heavy atom. The second kappa shape index (κ2) is 4.23. The third-order valence-corrected chi connectivity index (χ3v) is 3.43. The van der Waals surface area contributed by atoms with Gasteiger partial charge in [-0.05, 0) is 17.8 Å². The summed E-state index contributed by atoms with van der Waals surface area (Å²) >= 11 is 0. The van der Waals surface area contributed by atoms with Crippen LogP contribution in [0.4, 0.5) is 0 Å². The van der Waals surface area contributed by atoms with Crippen molar-refractivity contribution in [3.05, 3.63) is 0 Å². The van der Waals surface area contributed by atoms with E-state index in [1.807, 2.05) is 13.8 Å². The Morgan fingerprint density at radius 2 is 1.81 bits per heavy atom. The van der Waals surface area contributed by atoms with Crippen molar-refractivity contribution in [2.24, 2.45) is 17.3 Å². The van der Waals surface area contributed by atoms with E-state index in [9.17, 15) is 14.4 Å². The molecule has 0 aliphatic heterocycles. The summed E-state index contributed by atoms with van der Waals surface area (Å²) < 4.78 is 0. The molecule has 1 unspecified atom stereocenters. The van der Waals surface area contributed by atoms with E-state index in [4.69, 9.17) is 10.2 Å². The number of carbonyl (C=O) groups excluding carboxylic acids is 1. The predicted molar refractivity (Wildman–Crippen MR) is 54.9 cm³/mol. The molecule has 5 heteroatoms. The highest BCUT2D eigenvalue weighted by Gasteiger charge is 2.46. The van der Waals surface area contributed by atoms with Crippen molar-refractivity contribution in [3.8, 4) is 0 Å². The van der Waals surface area contributed by atoms with E-state index in [1.165, 1.54) is 0 Å². The Kier molecular flexibility index (Phi) is 3.35. The van der Waals surface area contributed by atoms with Crippen LogP contribution >= 0.6 is 0 Å². The van der Waals surface area contributed by atoms with Crippen LogP contribution in [0, 0.1) is 17.3 Å². The second-order valence-corrected chi connectivity index (χ2v) is 4.99. The van der Waals surface area contributed by atoms with Crippen molar-refractivity contribution >= 4 is 17.7 Å². The van der Waals surface area contributed by atoms with Crippen LogP contribution in [0.15, 0.2) is 0 Å². The number of Topliss-reactive ketones (excluding diaryl/α,β-unsaturated/α-hetero) is 1. The lowest BCUT2D eigenvalue weighted by Gasteiger charge is -2.39. The molecule has 0 amide bonds. The lowest BCUT2D eigenvalue weighted by atomic mass is 9.63. The molecule has 90 valence electrons. The molecule has 0 aromatic carbocycles. The van der Waals surface area contributed by atoms with Gasteiger partial charge in [-0.15, -0.1) is 0 Å². The van der Waals surface area contributed by atoms with Crippen LogP contribution in [0.2, 0.25) is 0 Å². The SMILES string of the molecule is CC1(C)CCC(=O)CC1C(C(=O)O)C(=O)O. The molecular formula is C11H16O5. The molecular weight excluding hydrogens is 212 g/mol. The summed E-state index contributed by atoms with van der Waals surface area (Å²) in [4.78, 5) is 33.2. The molecule has 1 fully saturated rings. The van der Waals surface area contributed by atoms with Gasteiger partial charge in [-0.25, -0.2) is 0 Å². The van der Waals surface area contributed by atoms with E-state index >= 15 is 0 Å². The van der Waals surface area contributed by atoms with Gasteiger partial charge >= 0.3 is 11.9 Å². The maximum Gasteiger partial charge on any atom is 0.318 e. The first-order valence-electron chi connectivity index (χ1n) is 5.23. The molecule has 1 atom stereocenters. The quantitative estimate of drug-likeness (QED) is 0.707. The van der Waals surface area contributed by atoms with Gasteiger partial charge in [-0.3, -0.25) is 14.4 Å². The fourth-order valence-electron chi connectivity index (χ4n) is 2.29. The summed E-state index contributed by atoms with van der Waals surface area (Å²) in [6.45, 7) is 3.64. The van der Waals surface area contributed by atoms with Gasteiger partial charge in [-0.2, -0.15) is 0 Å². The van der Waals surface area contributed by atoms with Crippen LogP contribution in [0.5, 0.6) is 0 Å². The highest BCUT2D eigenvalue weighted by molar-refractivity contribution is 5.94. The summed E-state index contributed by atoms with van der Waals surface area (Å²) in [5.41, 5.74) is -0.421. The van der Waals surface area contributed by atoms with Gasteiger partial charge in [0.1, 0.15) is 5.78 Å². The van der Waals surface area contributed by atoms with Crippen LogP contribution in [0.25, 0.3) is 0 Å². The first-order valence-corrected chi connectivity index (χ1v) is 5.23. The summed E-state index contributed by atoms with van der Waals surface area (Å²) in [7, 11) is 0. The highest BCUT2D eigenvalue weighted by atomic mass is 16.4. The zero-order valence-corrected chi connectivity index (χ0v) is 9.40. The molecule has 0 bridgehead atoms. The molecule has 2 N–H and O–H groups in total. The summed E-state index contributed by atoms with van der Waals surface area (Å²) in [6.07, 6.45) is 1.01. The Bertz CT molecular complexity index is 317. The minimum Gasteiger partial charge on any atom is -0.481 e. The van der Waals surface area contributed by atoms with Crippen molar-refractivity contribution in [1.29, 1.82) is 0 Å². The van der Waals surface area contributed by atoms with Crippen LogP contribution < -0.4 is 0 Å². The van der Waals surface area contributed by atoms with Crippen LogP contribution in [0.3, 0.4) is 0 Å². The normalized spacial score (nSPS) is 24.4. The van der Waals surface area contributed by atoms with Gasteiger partial charge < -0.3 is 10.2 Å². The Hall–Kier alpha value is -1.39. The average molecular weight is 228 g/mol. The first kappa shape index (κ1) is 12.7. The largest absolute Gasteiger partial charge is 0.481 e. The average Bonchev–Trinajstić information content (AvgIpc) is 2.10. The topological polar surface area (TPSA) is 91.7 Å². The van der Waals surface area contributed by atoms with Crippen molar-refractivity contribution in [1.82, 2.24) is 0 Å². The molecule has 0 aromatic rings. The predicted octanol–water partition coefficient (Wildman–Crippen LogP) is 1.17. The smallest absolute Gasteiger partial charge is 0.318 e. The molecule has 0 radical (unpaired) electrons. The second-order valence-electron chi connectivity index (χ2n) is 4.99. The number of hydrogen-bond donors (Lipinski definition) is 2. The van der Waals surface area contributed by atoms with Crippen molar-refractivity contribution in [3.63, 3.8) is 0 Å². The number of carboxylic acids is 2. The van der Waals surface area contributed by atoms with Crippen molar-refractivity contribution in [2.45, 2.75) is 33.1 Å². The molecule has 0 heterocycles. The maximum atomic E-state index is 11.3. The molecule has 0 spiro atoms. The van der Waals surface area contributed by atoms with E-state index in [1.54, 1.807) is 0 Å². The molecule has 1 saturated carbocycles. The third-order valence-electron chi connectivity index (χ3n) is 3.43. The number of hydrogen-bond acceptors (Lipinski definition) is 3. The minimum atomic E-state index is -1.49. The Labute approximate surface area is 93.5 Å². The van der Waals surface area contributed by atoms with Gasteiger partial charge in [0.05, 0.1) is 0 Å². The summed E-state index contributed by atoms with van der Waals surface area (Å²) in [5.74, 6) is -4.87. The van der Waals surface area contributed by atoms with Crippen LogP contribution in [-0.2, 0) is 14.4 Å². The van der Waals surface area contributed by atoms with Gasteiger partial charge in [-0.1, -0.05) is 13.8 Å². The van der Waals surface area contributed by atoms with Crippen molar-refractivity contribution < 1.29 is 24.6 Å². The molecule has 1 aliphatic carbocycles. The monoisotopic (exact) mass is 228 g/mol. The van der Waals surface area contributed by atoms with E-state index < -0.39 is 29.2 Å².